The molecule has 0 unspecified atom stereocenters. The summed E-state index contributed by atoms with van der Waals surface area (Å²) in [4.78, 5) is 111. The van der Waals surface area contributed by atoms with Crippen LogP contribution in [-0.2, 0) is 52.8 Å². The van der Waals surface area contributed by atoms with E-state index >= 15 is 0 Å². The zero-order valence-corrected chi connectivity index (χ0v) is 54.8. The molecule has 0 radical (unpaired) electrons. The zero-order chi connectivity index (χ0) is 72.3. The number of rotatable bonds is 25. The van der Waals surface area contributed by atoms with E-state index in [0.29, 0.717) is 45.1 Å². The van der Waals surface area contributed by atoms with E-state index < -0.39 is 72.3 Å². The number of hydrogen-bond donors (Lipinski definition) is 11. The lowest BCUT2D eigenvalue weighted by molar-refractivity contribution is -0.138. The molecule has 11 N–H and O–H groups in total. The summed E-state index contributed by atoms with van der Waals surface area (Å²) >= 11 is 0. The van der Waals surface area contributed by atoms with E-state index in [1.54, 1.807) is 72.8 Å². The van der Waals surface area contributed by atoms with Crippen LogP contribution < -0.4 is 10.6 Å². The fraction of sp³-hybridized carbons (Fsp3) is 0.324. The maximum Gasteiger partial charge on any atom is 0.339 e. The molecular formula is C68H90N8O19. The van der Waals surface area contributed by atoms with Gasteiger partial charge in [-0.05, 0) is 108 Å². The molecule has 0 saturated carbocycles. The van der Waals surface area contributed by atoms with Crippen molar-refractivity contribution in [2.45, 2.75) is 135 Å². The molecule has 27 heteroatoms. The molecule has 0 aromatic heterocycles. The largest absolute Gasteiger partial charge is 0.507 e. The number of ketones is 2. The topological polar surface area (TPSA) is 451 Å². The van der Waals surface area contributed by atoms with Gasteiger partial charge in [-0.15, -0.1) is 0 Å². The maximum absolute atomic E-state index is 12.0. The van der Waals surface area contributed by atoms with Gasteiger partial charge in [0.05, 0.1) is 77.4 Å². The van der Waals surface area contributed by atoms with Crippen LogP contribution in [0.25, 0.3) is 0 Å². The number of hydrogen-bond acceptors (Lipinski definition) is 19. The van der Waals surface area contributed by atoms with Gasteiger partial charge in [-0.1, -0.05) is 127 Å². The lowest BCUT2D eigenvalue weighted by Gasteiger charge is -2.04. The molecule has 516 valence electrons. The Morgan fingerprint density at radius 2 is 0.547 bits per heavy atom. The lowest BCUT2D eigenvalue weighted by atomic mass is 10.0. The molecule has 6 rings (SSSR count). The zero-order valence-electron chi connectivity index (χ0n) is 54.8. The van der Waals surface area contributed by atoms with Gasteiger partial charge in [-0.2, -0.15) is 30.7 Å². The Morgan fingerprint density at radius 1 is 0.305 bits per heavy atom. The van der Waals surface area contributed by atoms with Gasteiger partial charge in [0.1, 0.15) is 35.9 Å². The molecule has 0 aliphatic carbocycles. The number of aromatic carboxylic acids is 1. The van der Waals surface area contributed by atoms with Gasteiger partial charge >= 0.3 is 35.8 Å². The van der Waals surface area contributed by atoms with Crippen molar-refractivity contribution in [2.75, 3.05) is 13.1 Å². The van der Waals surface area contributed by atoms with Crippen molar-refractivity contribution >= 4 is 93.3 Å². The van der Waals surface area contributed by atoms with Crippen molar-refractivity contribution in [3.63, 3.8) is 0 Å². The van der Waals surface area contributed by atoms with Crippen LogP contribution in [0.3, 0.4) is 0 Å². The first-order valence-corrected chi connectivity index (χ1v) is 29.9. The van der Waals surface area contributed by atoms with E-state index in [9.17, 15) is 63.3 Å². The number of nitrogens with zero attached hydrogens (tertiary/aromatic N) is 6. The Morgan fingerprint density at radius 3 is 0.800 bits per heavy atom. The molecule has 2 amide bonds. The van der Waals surface area contributed by atoms with Gasteiger partial charge in [0.25, 0.3) is 0 Å². The van der Waals surface area contributed by atoms with Crippen molar-refractivity contribution < 1.29 is 93.9 Å². The number of carboxylic acids is 6. The van der Waals surface area contributed by atoms with Crippen LogP contribution >= 0.6 is 0 Å². The molecule has 0 heterocycles. The van der Waals surface area contributed by atoms with Gasteiger partial charge in [-0.25, -0.2) is 4.79 Å². The first kappa shape index (κ1) is 90.0. The molecule has 0 aliphatic rings. The summed E-state index contributed by atoms with van der Waals surface area (Å²) in [6.07, 6.45) is -1.18. The van der Waals surface area contributed by atoms with Gasteiger partial charge < -0.3 is 56.6 Å². The molecule has 0 saturated heterocycles. The SMILES string of the molecule is C.CC.CC.CC.CC.CC.CC.O=C(O)CCC(=O)c1cc(N=Nc2ccc(CC(=O)NCC(=O)O)cc2)ccc1O.O=C(O)CCC(=O)c1cc(N=Nc2ccc(CC(=O)O)cc2)ccc1O.O=C(O)CNC(=O)Cc1ccc(N=Nc2ccc(O)c(C(=O)O)c2)cc1. The van der Waals surface area contributed by atoms with Crippen LogP contribution in [0.1, 0.15) is 164 Å². The third-order valence-corrected chi connectivity index (χ3v) is 10.5. The lowest BCUT2D eigenvalue weighted by Crippen LogP contribution is -2.30. The smallest absolute Gasteiger partial charge is 0.339 e. The van der Waals surface area contributed by atoms with E-state index in [0.717, 1.165) is 0 Å². The number of azo groups is 3. The van der Waals surface area contributed by atoms with Crippen LogP contribution in [0, 0.1) is 0 Å². The number of Topliss-reactive ketones (excluding diaryl/α,β-unsaturated/α-hetero) is 2. The second-order valence-corrected chi connectivity index (χ2v) is 16.9. The summed E-state index contributed by atoms with van der Waals surface area (Å²) in [6.45, 7) is 23.1. The molecule has 0 spiro atoms. The van der Waals surface area contributed by atoms with Crippen LogP contribution in [0.2, 0.25) is 0 Å². The van der Waals surface area contributed by atoms with Crippen molar-refractivity contribution in [1.29, 1.82) is 0 Å². The average Bonchev–Trinajstić information content (AvgIpc) is 0.903. The second-order valence-electron chi connectivity index (χ2n) is 16.9. The van der Waals surface area contributed by atoms with Crippen molar-refractivity contribution in [1.82, 2.24) is 10.6 Å². The summed E-state index contributed by atoms with van der Waals surface area (Å²) in [6, 6.07) is 31.5. The molecule has 6 aromatic carbocycles. The molecule has 0 bridgehead atoms. The fourth-order valence-corrected chi connectivity index (χ4v) is 6.49. The minimum Gasteiger partial charge on any atom is -0.507 e. The highest BCUT2D eigenvalue weighted by Gasteiger charge is 2.16. The number of nitrogens with one attached hydrogen (secondary N) is 2. The minimum absolute atomic E-state index is 0. The Balaban J connectivity index is -0.000000602. The Hall–Kier alpha value is -11.4. The highest BCUT2D eigenvalue weighted by Crippen LogP contribution is 2.29. The van der Waals surface area contributed by atoms with Crippen molar-refractivity contribution in [3.8, 4) is 17.2 Å². The van der Waals surface area contributed by atoms with E-state index in [4.69, 9.17) is 30.6 Å². The van der Waals surface area contributed by atoms with Crippen molar-refractivity contribution in [3.05, 3.63) is 161 Å². The molecule has 0 fully saturated rings. The standard InChI is InChI=1S/C20H19N3O7.C18H16N2O6.C17H15N3O6.6C2H6.CH4/c24-16-6-5-14(10-15(16)17(25)7-8-19(27)28)23-22-13-3-1-12(2-4-13)9-18(26)21-11-20(29)30;21-15-6-5-13(10-14(15)16(22)7-8-17(23)24)20-19-12-3-1-11(2-4-12)9-18(25)26;21-14-6-5-12(8-13(14)17(25)26)20-19-11-3-1-10(2-4-11)7-15(22)18-9-16(23)24;6*1-2;/h1-6,10,24H,7-9,11H2,(H,21,26)(H,27,28)(H,29,30);1-6,10,21H,7-9H2,(H,23,24)(H,25,26);1-6,8,21H,7,9H2,(H,18,22)(H,23,24)(H,25,26);6*1-2H3;1H4. The van der Waals surface area contributed by atoms with Gasteiger partial charge in [0.15, 0.2) is 11.6 Å². The average molecular weight is 1320 g/mol. The first-order valence-electron chi connectivity index (χ1n) is 29.9. The predicted molar refractivity (Wildman–Crippen MR) is 360 cm³/mol. The highest BCUT2D eigenvalue weighted by molar-refractivity contribution is 6.01. The molecular weight excluding hydrogens is 1230 g/mol. The van der Waals surface area contributed by atoms with Crippen LogP contribution in [0.5, 0.6) is 17.2 Å². The number of amides is 2. The number of phenols is 3. The van der Waals surface area contributed by atoms with E-state index in [-0.39, 0.29) is 92.0 Å². The highest BCUT2D eigenvalue weighted by atomic mass is 16.4. The monoisotopic (exact) mass is 1320 g/mol. The summed E-state index contributed by atoms with van der Waals surface area (Å²) < 4.78 is 0. The van der Waals surface area contributed by atoms with E-state index in [1.807, 2.05) is 83.1 Å². The molecule has 0 atom stereocenters. The van der Waals surface area contributed by atoms with Gasteiger partial charge in [0, 0.05) is 12.8 Å². The summed E-state index contributed by atoms with van der Waals surface area (Å²) in [5.74, 6) is -9.38. The number of aromatic hydroxyl groups is 3. The summed E-state index contributed by atoms with van der Waals surface area (Å²) in [5, 5.41) is 109. The van der Waals surface area contributed by atoms with Gasteiger partial charge in [0.2, 0.25) is 11.8 Å². The minimum atomic E-state index is -1.27. The number of carboxylic acid groups (broad SMARTS) is 6. The normalized spacial score (nSPS) is 9.60. The summed E-state index contributed by atoms with van der Waals surface area (Å²) in [7, 11) is 0. The third-order valence-electron chi connectivity index (χ3n) is 10.5. The van der Waals surface area contributed by atoms with Crippen LogP contribution in [-0.4, -0.2) is 118 Å². The molecule has 6 aromatic rings. The summed E-state index contributed by atoms with van der Waals surface area (Å²) in [5.41, 5.74) is 3.95. The number of aliphatic carboxylic acids is 5. The Labute approximate surface area is 553 Å². The second kappa shape index (κ2) is 53.3. The predicted octanol–water partition coefficient (Wildman–Crippen LogP) is 15.1. The fourth-order valence-electron chi connectivity index (χ4n) is 6.49. The van der Waals surface area contributed by atoms with Crippen LogP contribution in [0.15, 0.2) is 158 Å². The number of benzene rings is 6. The van der Waals surface area contributed by atoms with Crippen LogP contribution in [0.4, 0.5) is 34.1 Å². The maximum atomic E-state index is 12.0. The molecule has 27 nitrogen and oxygen atoms in total. The van der Waals surface area contributed by atoms with E-state index in [1.165, 1.54) is 54.6 Å². The van der Waals surface area contributed by atoms with Gasteiger partial charge in [-0.3, -0.25) is 43.2 Å². The molecule has 95 heavy (non-hydrogen) atoms. The number of phenolic OH excluding ortho intramolecular Hbond substituents is 2. The van der Waals surface area contributed by atoms with E-state index in [2.05, 4.69) is 41.3 Å². The van der Waals surface area contributed by atoms with Crippen molar-refractivity contribution in [2.24, 2.45) is 30.7 Å². The Kier molecular flexibility index (Phi) is 50.5. The quantitative estimate of drug-likeness (QED) is 0.0187. The molecule has 0 aliphatic heterocycles. The number of carbonyl (C=O) groups excluding carboxylic acids is 4. The Bertz CT molecular complexity index is 3430. The first-order chi connectivity index (χ1) is 44.9. The third kappa shape index (κ3) is 39.5. The number of carbonyl (C=O) groups is 10.